The molecule has 0 fully saturated rings. The van der Waals surface area contributed by atoms with E-state index in [2.05, 4.69) is 25.8 Å². The highest BCUT2D eigenvalue weighted by Gasteiger charge is 2.32. The van der Waals surface area contributed by atoms with E-state index in [-0.39, 0.29) is 11.8 Å². The third kappa shape index (κ3) is 3.29. The largest absolute Gasteiger partial charge is 0.492 e. The van der Waals surface area contributed by atoms with E-state index < -0.39 is 11.9 Å². The van der Waals surface area contributed by atoms with Crippen molar-refractivity contribution in [2.75, 3.05) is 5.32 Å². The van der Waals surface area contributed by atoms with Gasteiger partial charge < -0.3 is 10.4 Å². The lowest BCUT2D eigenvalue weighted by atomic mass is 10.0. The molecule has 2 N–H and O–H groups in total. The quantitative estimate of drug-likeness (QED) is 0.901. The summed E-state index contributed by atoms with van der Waals surface area (Å²) >= 11 is 0. The molecule has 24 heavy (non-hydrogen) atoms. The SMILES string of the molecule is Cc1cc(Nc2nccc(C(F)(F)F)n2)cc(C2=C[N]N=C2O)c1. The Hall–Kier alpha value is -3.10. The zero-order valence-electron chi connectivity index (χ0n) is 12.3. The molecule has 6 nitrogen and oxygen atoms in total. The van der Waals surface area contributed by atoms with Gasteiger partial charge in [-0.2, -0.15) is 18.6 Å². The third-order valence-corrected chi connectivity index (χ3v) is 3.17. The van der Waals surface area contributed by atoms with Crippen molar-refractivity contribution in [2.24, 2.45) is 5.10 Å². The van der Waals surface area contributed by atoms with Crippen molar-refractivity contribution in [3.63, 3.8) is 0 Å². The average Bonchev–Trinajstić information content (AvgIpc) is 2.92. The van der Waals surface area contributed by atoms with E-state index in [4.69, 9.17) is 0 Å². The van der Waals surface area contributed by atoms with E-state index in [1.165, 1.54) is 6.20 Å². The summed E-state index contributed by atoms with van der Waals surface area (Å²) in [7, 11) is 0. The van der Waals surface area contributed by atoms with Crippen LogP contribution in [0.15, 0.2) is 41.8 Å². The number of hydrogen-bond acceptors (Lipinski definition) is 4. The summed E-state index contributed by atoms with van der Waals surface area (Å²) in [6, 6.07) is 5.94. The van der Waals surface area contributed by atoms with E-state index in [1.807, 2.05) is 6.92 Å². The fraction of sp³-hybridized carbons (Fsp3) is 0.133. The van der Waals surface area contributed by atoms with Crippen LogP contribution in [0.3, 0.4) is 0 Å². The van der Waals surface area contributed by atoms with Crippen LogP contribution in [-0.2, 0) is 6.18 Å². The van der Waals surface area contributed by atoms with Gasteiger partial charge in [-0.15, -0.1) is 5.10 Å². The molecule has 0 unspecified atom stereocenters. The van der Waals surface area contributed by atoms with Crippen molar-refractivity contribution in [1.82, 2.24) is 15.4 Å². The Kier molecular flexibility index (Phi) is 3.84. The third-order valence-electron chi connectivity index (χ3n) is 3.17. The Bertz CT molecular complexity index is 845. The Morgan fingerprint density at radius 3 is 2.62 bits per heavy atom. The van der Waals surface area contributed by atoms with E-state index >= 15 is 0 Å². The van der Waals surface area contributed by atoms with Gasteiger partial charge in [0.25, 0.3) is 0 Å². The number of alkyl halides is 3. The minimum atomic E-state index is -4.55. The van der Waals surface area contributed by atoms with Crippen molar-refractivity contribution in [1.29, 1.82) is 0 Å². The number of nitrogens with zero attached hydrogens (tertiary/aromatic N) is 4. The van der Waals surface area contributed by atoms with Gasteiger partial charge in [0, 0.05) is 11.9 Å². The molecular formula is C15H11F3N5O. The molecule has 2 aromatic rings. The van der Waals surface area contributed by atoms with E-state index in [0.717, 1.165) is 17.8 Å². The van der Waals surface area contributed by atoms with Gasteiger partial charge in [0.05, 0.1) is 11.8 Å². The molecule has 0 amide bonds. The molecule has 1 aromatic heterocycles. The molecule has 0 atom stereocenters. The van der Waals surface area contributed by atoms with Gasteiger partial charge in [-0.25, -0.2) is 9.97 Å². The zero-order valence-corrected chi connectivity index (χ0v) is 12.3. The fourth-order valence-corrected chi connectivity index (χ4v) is 2.17. The van der Waals surface area contributed by atoms with Crippen molar-refractivity contribution in [3.05, 3.63) is 53.5 Å². The van der Waals surface area contributed by atoms with E-state index in [0.29, 0.717) is 16.8 Å². The molecule has 123 valence electrons. The molecule has 1 aromatic carbocycles. The van der Waals surface area contributed by atoms with Gasteiger partial charge in [0.15, 0.2) is 0 Å². The maximum Gasteiger partial charge on any atom is 0.433 e. The smallest absolute Gasteiger partial charge is 0.433 e. The lowest BCUT2D eigenvalue weighted by Crippen LogP contribution is -2.10. The fourth-order valence-electron chi connectivity index (χ4n) is 2.17. The van der Waals surface area contributed by atoms with E-state index in [9.17, 15) is 18.3 Å². The van der Waals surface area contributed by atoms with Gasteiger partial charge in [0.1, 0.15) is 5.69 Å². The first-order chi connectivity index (χ1) is 11.3. The number of aryl methyl sites for hydroxylation is 1. The number of aliphatic hydroxyl groups is 1. The van der Waals surface area contributed by atoms with Crippen LogP contribution in [0.2, 0.25) is 0 Å². The summed E-state index contributed by atoms with van der Waals surface area (Å²) in [6.07, 6.45) is -2.12. The standard InChI is InChI=1S/C15H11F3N5O/c1-8-4-9(11-7-20-23-13(11)24)6-10(5-8)21-14-19-3-2-12(22-14)15(16,17)18/h2-7H,1H3,(H,23,24)(H,19,21,22). The molecule has 3 rings (SSSR count). The van der Waals surface area contributed by atoms with Crippen LogP contribution in [-0.4, -0.2) is 21.0 Å². The Morgan fingerprint density at radius 1 is 1.17 bits per heavy atom. The summed E-state index contributed by atoms with van der Waals surface area (Å²) in [5.74, 6) is -0.397. The Labute approximate surface area is 134 Å². The minimum Gasteiger partial charge on any atom is -0.492 e. The second kappa shape index (κ2) is 5.84. The second-order valence-corrected chi connectivity index (χ2v) is 5.06. The van der Waals surface area contributed by atoms with Gasteiger partial charge in [-0.05, 0) is 36.2 Å². The number of aromatic nitrogens is 2. The molecule has 0 aliphatic carbocycles. The summed E-state index contributed by atoms with van der Waals surface area (Å²) in [5, 5.41) is 15.9. The summed E-state index contributed by atoms with van der Waals surface area (Å²) in [4.78, 5) is 7.25. The molecule has 1 aliphatic heterocycles. The lowest BCUT2D eigenvalue weighted by Gasteiger charge is -2.11. The number of rotatable bonds is 3. The predicted molar refractivity (Wildman–Crippen MR) is 81.7 cm³/mol. The van der Waals surface area contributed by atoms with Crippen LogP contribution in [0.5, 0.6) is 0 Å². The van der Waals surface area contributed by atoms with Crippen LogP contribution >= 0.6 is 0 Å². The number of nitrogens with one attached hydrogen (secondary N) is 1. The first-order valence-corrected chi connectivity index (χ1v) is 6.79. The highest BCUT2D eigenvalue weighted by molar-refractivity contribution is 6.19. The summed E-state index contributed by atoms with van der Waals surface area (Å²) in [5.41, 5.74) is 4.92. The van der Waals surface area contributed by atoms with Gasteiger partial charge >= 0.3 is 6.18 Å². The topological polar surface area (TPSA) is 84.5 Å². The van der Waals surface area contributed by atoms with Crippen LogP contribution in [0.4, 0.5) is 24.8 Å². The van der Waals surface area contributed by atoms with Crippen molar-refractivity contribution >= 4 is 23.1 Å². The zero-order chi connectivity index (χ0) is 17.3. The van der Waals surface area contributed by atoms with Gasteiger partial charge in [-0.3, -0.25) is 0 Å². The molecule has 0 spiro atoms. The van der Waals surface area contributed by atoms with Crippen LogP contribution < -0.4 is 10.7 Å². The van der Waals surface area contributed by atoms with E-state index in [1.54, 1.807) is 18.2 Å². The first-order valence-electron chi connectivity index (χ1n) is 6.79. The number of aliphatic hydroxyl groups excluding tert-OH is 1. The maximum atomic E-state index is 12.7. The number of benzene rings is 1. The maximum absolute atomic E-state index is 12.7. The number of anilines is 2. The van der Waals surface area contributed by atoms with Crippen molar-refractivity contribution in [3.8, 4) is 0 Å². The predicted octanol–water partition coefficient (Wildman–Crippen LogP) is 3.38. The second-order valence-electron chi connectivity index (χ2n) is 5.06. The average molecular weight is 334 g/mol. The minimum absolute atomic E-state index is 0.177. The Morgan fingerprint density at radius 2 is 1.96 bits per heavy atom. The van der Waals surface area contributed by atoms with Crippen LogP contribution in [0, 0.1) is 6.92 Å². The van der Waals surface area contributed by atoms with Crippen LogP contribution in [0.1, 0.15) is 16.8 Å². The van der Waals surface area contributed by atoms with Crippen molar-refractivity contribution in [2.45, 2.75) is 13.1 Å². The Balaban J connectivity index is 1.91. The molecule has 0 bridgehead atoms. The summed E-state index contributed by atoms with van der Waals surface area (Å²) < 4.78 is 38.1. The highest BCUT2D eigenvalue weighted by Crippen LogP contribution is 2.29. The monoisotopic (exact) mass is 334 g/mol. The lowest BCUT2D eigenvalue weighted by molar-refractivity contribution is -0.141. The van der Waals surface area contributed by atoms with Crippen LogP contribution in [0.25, 0.3) is 5.57 Å². The summed E-state index contributed by atoms with van der Waals surface area (Å²) in [6.45, 7) is 1.81. The molecule has 0 saturated carbocycles. The molecule has 9 heteroatoms. The molecule has 1 radical (unpaired) electrons. The van der Waals surface area contributed by atoms with Gasteiger partial charge in [0.2, 0.25) is 11.8 Å². The van der Waals surface area contributed by atoms with Crippen molar-refractivity contribution < 1.29 is 18.3 Å². The molecular weight excluding hydrogens is 323 g/mol. The number of halogens is 3. The molecule has 0 saturated heterocycles. The van der Waals surface area contributed by atoms with Gasteiger partial charge in [-0.1, -0.05) is 6.07 Å². The molecule has 2 heterocycles. The number of hydrogen-bond donors (Lipinski definition) is 2. The highest BCUT2D eigenvalue weighted by atomic mass is 19.4. The molecule has 1 aliphatic rings. The normalized spacial score (nSPS) is 14.0. The first kappa shape index (κ1) is 15.8.